The van der Waals surface area contributed by atoms with Crippen LogP contribution in [0.3, 0.4) is 0 Å². The summed E-state index contributed by atoms with van der Waals surface area (Å²) in [4.78, 5) is 6.75. The molecule has 12 heteroatoms. The Morgan fingerprint density at radius 2 is 1.79 bits per heavy atom. The summed E-state index contributed by atoms with van der Waals surface area (Å²) in [7, 11) is 1.55. The Balaban J connectivity index is 1.76. The second-order valence-electron chi connectivity index (χ2n) is 10.4. The van der Waals surface area contributed by atoms with Crippen molar-refractivity contribution in [3.63, 3.8) is 0 Å². The van der Waals surface area contributed by atoms with Crippen LogP contribution in [-0.2, 0) is 12.4 Å². The molecular formula is C30H32F6N4OS. The molecule has 3 aromatic rings. The second-order valence-corrected chi connectivity index (χ2v) is 10.8. The molecule has 1 aliphatic rings. The SMILES string of the molecule is C=CC1CN(CC)C([C@@H](NC(=S)Nc2cc(C(F)(F)F)cc(C(F)(F)F)c2)c2ccnc3ccc(OC)cc23)CC1C. The summed E-state index contributed by atoms with van der Waals surface area (Å²) in [6.45, 7) is 9.59. The molecule has 0 aliphatic carbocycles. The Hall–Kier alpha value is -3.38. The predicted molar refractivity (Wildman–Crippen MR) is 155 cm³/mol. The van der Waals surface area contributed by atoms with E-state index in [1.807, 2.05) is 31.2 Å². The maximum absolute atomic E-state index is 13.5. The zero-order valence-electron chi connectivity index (χ0n) is 23.3. The molecule has 42 heavy (non-hydrogen) atoms. The van der Waals surface area contributed by atoms with Gasteiger partial charge in [0.25, 0.3) is 0 Å². The van der Waals surface area contributed by atoms with E-state index in [1.54, 1.807) is 19.4 Å². The van der Waals surface area contributed by atoms with E-state index in [9.17, 15) is 26.3 Å². The molecule has 0 spiro atoms. The normalized spacial score (nSPS) is 20.6. The molecule has 2 N–H and O–H groups in total. The number of hydrogen-bond donors (Lipinski definition) is 2. The quantitative estimate of drug-likeness (QED) is 0.162. The Kier molecular flexibility index (Phi) is 9.36. The number of likely N-dealkylation sites (tertiary alicyclic amines) is 1. The molecule has 2 heterocycles. The predicted octanol–water partition coefficient (Wildman–Crippen LogP) is 7.84. The number of rotatable bonds is 7. The van der Waals surface area contributed by atoms with Crippen LogP contribution in [0.4, 0.5) is 32.0 Å². The van der Waals surface area contributed by atoms with Crippen LogP contribution in [-0.4, -0.2) is 41.2 Å². The minimum absolute atomic E-state index is 0.0829. The van der Waals surface area contributed by atoms with Crippen molar-refractivity contribution in [2.45, 2.75) is 44.7 Å². The van der Waals surface area contributed by atoms with E-state index < -0.39 is 35.2 Å². The number of benzene rings is 2. The van der Waals surface area contributed by atoms with Crippen molar-refractivity contribution in [2.75, 3.05) is 25.5 Å². The standard InChI is InChI=1S/C30H32F6N4OS/c1-5-18-16-40(6-2)26(11-17(18)3)27(23-9-10-37-25-8-7-22(41-4)15-24(23)25)39-28(42)38-21-13-19(29(31,32)33)12-20(14-21)30(34,35)36/h5,7-10,12-15,17-18,26-27H,1,6,11,16H2,2-4H3,(H2,38,39,42)/t17?,18?,26?,27-/m0/s1. The third-order valence-corrected chi connectivity index (χ3v) is 8.02. The van der Waals surface area contributed by atoms with E-state index in [-0.39, 0.29) is 29.1 Å². The minimum atomic E-state index is -4.98. The number of aromatic nitrogens is 1. The lowest BCUT2D eigenvalue weighted by atomic mass is 9.79. The summed E-state index contributed by atoms with van der Waals surface area (Å²) in [6.07, 6.45) is -5.62. The van der Waals surface area contributed by atoms with E-state index in [0.29, 0.717) is 29.9 Å². The minimum Gasteiger partial charge on any atom is -0.497 e. The van der Waals surface area contributed by atoms with E-state index in [2.05, 4.69) is 34.0 Å². The fourth-order valence-corrected chi connectivity index (χ4v) is 5.81. The molecule has 5 nitrogen and oxygen atoms in total. The van der Waals surface area contributed by atoms with Crippen molar-refractivity contribution in [3.05, 3.63) is 78.0 Å². The molecule has 0 saturated carbocycles. The fourth-order valence-electron chi connectivity index (χ4n) is 5.57. The number of thiocarbonyl (C=S) groups is 1. The summed E-state index contributed by atoms with van der Waals surface area (Å²) in [5, 5.41) is 6.49. The van der Waals surface area contributed by atoms with Crippen molar-refractivity contribution < 1.29 is 31.1 Å². The van der Waals surface area contributed by atoms with Gasteiger partial charge in [-0.05, 0) is 85.0 Å². The number of alkyl halides is 6. The highest BCUT2D eigenvalue weighted by Gasteiger charge is 2.39. The van der Waals surface area contributed by atoms with E-state index in [4.69, 9.17) is 17.0 Å². The molecule has 4 rings (SSSR count). The fraction of sp³-hybridized carbons (Fsp3) is 0.400. The van der Waals surface area contributed by atoms with E-state index >= 15 is 0 Å². The number of hydrogen-bond acceptors (Lipinski definition) is 4. The Morgan fingerprint density at radius 3 is 2.36 bits per heavy atom. The largest absolute Gasteiger partial charge is 0.497 e. The van der Waals surface area contributed by atoms with Crippen molar-refractivity contribution in [3.8, 4) is 5.75 Å². The number of anilines is 1. The number of halogens is 6. The van der Waals surface area contributed by atoms with Crippen molar-refractivity contribution >= 4 is 33.9 Å². The van der Waals surface area contributed by atoms with Gasteiger partial charge in [0.1, 0.15) is 5.75 Å². The molecule has 1 aromatic heterocycles. The van der Waals surface area contributed by atoms with Crippen LogP contribution in [0.1, 0.15) is 43.0 Å². The number of likely N-dealkylation sites (N-methyl/N-ethyl adjacent to an activating group) is 1. The summed E-state index contributed by atoms with van der Waals surface area (Å²) in [5.74, 6) is 1.13. The number of fused-ring (bicyclic) bond motifs is 1. The van der Waals surface area contributed by atoms with Gasteiger partial charge in [-0.3, -0.25) is 9.88 Å². The van der Waals surface area contributed by atoms with Gasteiger partial charge < -0.3 is 15.4 Å². The van der Waals surface area contributed by atoms with Crippen LogP contribution in [0, 0.1) is 11.8 Å². The van der Waals surface area contributed by atoms with Crippen LogP contribution >= 0.6 is 12.2 Å². The molecular weight excluding hydrogens is 578 g/mol. The van der Waals surface area contributed by atoms with Gasteiger partial charge >= 0.3 is 12.4 Å². The average molecular weight is 611 g/mol. The van der Waals surface area contributed by atoms with Crippen molar-refractivity contribution in [1.82, 2.24) is 15.2 Å². The van der Waals surface area contributed by atoms with Crippen LogP contribution < -0.4 is 15.4 Å². The monoisotopic (exact) mass is 610 g/mol. The van der Waals surface area contributed by atoms with Crippen molar-refractivity contribution in [1.29, 1.82) is 0 Å². The lowest BCUT2D eigenvalue weighted by Crippen LogP contribution is -2.53. The highest BCUT2D eigenvalue weighted by molar-refractivity contribution is 7.80. The second kappa shape index (κ2) is 12.5. The molecule has 3 unspecified atom stereocenters. The average Bonchev–Trinajstić information content (AvgIpc) is 2.94. The number of methoxy groups -OCH3 is 1. The molecule has 0 bridgehead atoms. The lowest BCUT2D eigenvalue weighted by molar-refractivity contribution is -0.143. The molecule has 1 aliphatic heterocycles. The lowest BCUT2D eigenvalue weighted by Gasteiger charge is -2.46. The molecule has 2 aromatic carbocycles. The number of nitrogens with zero attached hydrogens (tertiary/aromatic N) is 2. The summed E-state index contributed by atoms with van der Waals surface area (Å²) >= 11 is 5.52. The van der Waals surface area contributed by atoms with Crippen LogP contribution in [0.2, 0.25) is 0 Å². The third kappa shape index (κ3) is 6.97. The summed E-state index contributed by atoms with van der Waals surface area (Å²) in [6, 6.07) is 7.98. The number of nitrogens with one attached hydrogen (secondary N) is 2. The van der Waals surface area contributed by atoms with Gasteiger partial charge in [0, 0.05) is 29.9 Å². The van der Waals surface area contributed by atoms with Gasteiger partial charge in [0.05, 0.1) is 29.8 Å². The van der Waals surface area contributed by atoms with Gasteiger partial charge in [0.2, 0.25) is 0 Å². The maximum Gasteiger partial charge on any atom is 0.416 e. The zero-order chi connectivity index (χ0) is 30.8. The number of piperidine rings is 1. The Morgan fingerprint density at radius 1 is 1.12 bits per heavy atom. The highest BCUT2D eigenvalue weighted by Crippen LogP contribution is 2.39. The first kappa shape index (κ1) is 31.6. The van der Waals surface area contributed by atoms with Gasteiger partial charge in [-0.25, -0.2) is 0 Å². The van der Waals surface area contributed by atoms with Crippen LogP contribution in [0.25, 0.3) is 10.9 Å². The van der Waals surface area contributed by atoms with Gasteiger partial charge in [-0.15, -0.1) is 6.58 Å². The first-order valence-electron chi connectivity index (χ1n) is 13.4. The first-order chi connectivity index (χ1) is 19.7. The van der Waals surface area contributed by atoms with Gasteiger partial charge in [0.15, 0.2) is 5.11 Å². The van der Waals surface area contributed by atoms with Gasteiger partial charge in [-0.2, -0.15) is 26.3 Å². The molecule has 0 radical (unpaired) electrons. The third-order valence-electron chi connectivity index (χ3n) is 7.80. The van der Waals surface area contributed by atoms with Crippen LogP contribution in [0.15, 0.2) is 61.3 Å². The molecule has 1 saturated heterocycles. The Bertz CT molecular complexity index is 1410. The van der Waals surface area contributed by atoms with Gasteiger partial charge in [-0.1, -0.05) is 19.9 Å². The number of pyridine rings is 1. The van der Waals surface area contributed by atoms with Crippen molar-refractivity contribution in [2.24, 2.45) is 11.8 Å². The number of ether oxygens (including phenoxy) is 1. The molecule has 226 valence electrons. The van der Waals surface area contributed by atoms with Crippen LogP contribution in [0.5, 0.6) is 5.75 Å². The smallest absolute Gasteiger partial charge is 0.416 e. The van der Waals surface area contributed by atoms with E-state index in [0.717, 1.165) is 23.9 Å². The molecule has 0 amide bonds. The molecule has 4 atom stereocenters. The summed E-state index contributed by atoms with van der Waals surface area (Å²) < 4.78 is 86.2. The first-order valence-corrected chi connectivity index (χ1v) is 13.8. The zero-order valence-corrected chi connectivity index (χ0v) is 24.1. The summed E-state index contributed by atoms with van der Waals surface area (Å²) in [5.41, 5.74) is -1.77. The van der Waals surface area contributed by atoms with E-state index in [1.165, 1.54) is 0 Å². The maximum atomic E-state index is 13.5. The Labute approximate surface area is 245 Å². The highest BCUT2D eigenvalue weighted by atomic mass is 32.1. The topological polar surface area (TPSA) is 49.4 Å². The molecule has 1 fully saturated rings.